The minimum Gasteiger partial charge on any atom is -0.359 e. The molecule has 0 aliphatic carbocycles. The van der Waals surface area contributed by atoms with Crippen LogP contribution in [0.3, 0.4) is 0 Å². The number of carbonyl (C=O) groups excluding carboxylic acids is 2. The van der Waals surface area contributed by atoms with E-state index in [0.717, 1.165) is 25.8 Å². The molecule has 0 saturated carbocycles. The minimum atomic E-state index is 0.127. The molecule has 1 fully saturated rings. The zero-order chi connectivity index (χ0) is 12.8. The molecule has 0 aromatic heterocycles. The van der Waals surface area contributed by atoms with Crippen molar-refractivity contribution in [1.82, 2.24) is 10.6 Å². The van der Waals surface area contributed by atoms with Crippen LogP contribution in [-0.4, -0.2) is 25.4 Å². The van der Waals surface area contributed by atoms with E-state index in [9.17, 15) is 9.59 Å². The summed E-state index contributed by atoms with van der Waals surface area (Å²) >= 11 is 0. The van der Waals surface area contributed by atoms with Gasteiger partial charge in [0, 0.05) is 26.4 Å². The first-order valence-electron chi connectivity index (χ1n) is 6.09. The van der Waals surface area contributed by atoms with Gasteiger partial charge in [0.1, 0.15) is 0 Å². The van der Waals surface area contributed by atoms with E-state index in [0.29, 0.717) is 6.42 Å². The van der Waals surface area contributed by atoms with Crippen LogP contribution >= 0.6 is 0 Å². The number of hydrogen-bond donors (Lipinski definition) is 2. The van der Waals surface area contributed by atoms with Gasteiger partial charge in [-0.25, -0.2) is 0 Å². The van der Waals surface area contributed by atoms with Crippen molar-refractivity contribution >= 4 is 11.8 Å². The highest BCUT2D eigenvalue weighted by molar-refractivity contribution is 5.77. The zero-order valence-electron chi connectivity index (χ0n) is 11.1. The third kappa shape index (κ3) is 15.4. The summed E-state index contributed by atoms with van der Waals surface area (Å²) in [5.74, 6) is 0.331. The lowest BCUT2D eigenvalue weighted by Crippen LogP contribution is -2.16. The lowest BCUT2D eigenvalue weighted by molar-refractivity contribution is -0.121. The lowest BCUT2D eigenvalue weighted by atomic mass is 10.3. The van der Waals surface area contributed by atoms with Gasteiger partial charge in [-0.15, -0.1) is 0 Å². The van der Waals surface area contributed by atoms with Gasteiger partial charge in [-0.1, -0.05) is 27.2 Å². The van der Waals surface area contributed by atoms with Crippen molar-refractivity contribution in [3.05, 3.63) is 0 Å². The second kappa shape index (κ2) is 13.9. The Hall–Kier alpha value is -1.06. The first-order chi connectivity index (χ1) is 7.62. The maximum absolute atomic E-state index is 10.3. The largest absolute Gasteiger partial charge is 0.359 e. The first-order valence-corrected chi connectivity index (χ1v) is 6.09. The molecule has 4 heteroatoms. The van der Waals surface area contributed by atoms with Crippen LogP contribution < -0.4 is 10.6 Å². The predicted molar refractivity (Wildman–Crippen MR) is 67.2 cm³/mol. The summed E-state index contributed by atoms with van der Waals surface area (Å²) in [4.78, 5) is 20.4. The van der Waals surface area contributed by atoms with E-state index in [4.69, 9.17) is 0 Å². The summed E-state index contributed by atoms with van der Waals surface area (Å²) in [5.41, 5.74) is 0. The van der Waals surface area contributed by atoms with Crippen LogP contribution in [0.5, 0.6) is 0 Å². The topological polar surface area (TPSA) is 58.2 Å². The Morgan fingerprint density at radius 2 is 1.94 bits per heavy atom. The molecule has 0 unspecified atom stereocenters. The Balaban J connectivity index is 0. The normalized spacial score (nSPS) is 12.6. The molecule has 0 atom stereocenters. The molecular weight excluding hydrogens is 204 g/mol. The van der Waals surface area contributed by atoms with Crippen molar-refractivity contribution in [3.8, 4) is 0 Å². The summed E-state index contributed by atoms with van der Waals surface area (Å²) in [6.07, 6.45) is 4.59. The van der Waals surface area contributed by atoms with E-state index >= 15 is 0 Å². The average molecular weight is 230 g/mol. The summed E-state index contributed by atoms with van der Waals surface area (Å²) in [6, 6.07) is 0. The van der Waals surface area contributed by atoms with E-state index in [1.54, 1.807) is 7.05 Å². The molecule has 0 aromatic carbocycles. The second-order valence-corrected chi connectivity index (χ2v) is 3.58. The highest BCUT2D eigenvalue weighted by atomic mass is 16.2. The van der Waals surface area contributed by atoms with Crippen LogP contribution in [0.25, 0.3) is 0 Å². The molecular formula is C12H26N2O2. The third-order valence-corrected chi connectivity index (χ3v) is 1.66. The molecule has 96 valence electrons. The highest BCUT2D eigenvalue weighted by Gasteiger charge is 2.05. The van der Waals surface area contributed by atoms with Crippen molar-refractivity contribution in [2.24, 2.45) is 0 Å². The molecule has 1 aliphatic heterocycles. The van der Waals surface area contributed by atoms with Crippen LogP contribution in [0.15, 0.2) is 0 Å². The molecule has 0 bridgehead atoms. The number of rotatable bonds is 2. The van der Waals surface area contributed by atoms with Crippen LogP contribution in [0.1, 0.15) is 52.9 Å². The number of amides is 2. The molecule has 1 heterocycles. The third-order valence-electron chi connectivity index (χ3n) is 1.66. The van der Waals surface area contributed by atoms with Gasteiger partial charge in [0.2, 0.25) is 11.8 Å². The monoisotopic (exact) mass is 230 g/mol. The highest BCUT2D eigenvalue weighted by Crippen LogP contribution is 1.93. The van der Waals surface area contributed by atoms with Gasteiger partial charge in [-0.3, -0.25) is 9.59 Å². The van der Waals surface area contributed by atoms with Crippen LogP contribution in [0, 0.1) is 0 Å². The quantitative estimate of drug-likeness (QED) is 0.760. The van der Waals surface area contributed by atoms with Gasteiger partial charge in [-0.05, 0) is 12.8 Å². The Labute approximate surface area is 99.2 Å². The maximum Gasteiger partial charge on any atom is 0.220 e. The van der Waals surface area contributed by atoms with Crippen LogP contribution in [0.4, 0.5) is 0 Å². The van der Waals surface area contributed by atoms with E-state index in [2.05, 4.69) is 24.5 Å². The first kappa shape index (κ1) is 17.3. The molecule has 4 nitrogen and oxygen atoms in total. The van der Waals surface area contributed by atoms with E-state index in [1.807, 2.05) is 6.92 Å². The molecule has 2 amide bonds. The van der Waals surface area contributed by atoms with E-state index in [-0.39, 0.29) is 11.8 Å². The van der Waals surface area contributed by atoms with Crippen molar-refractivity contribution in [2.75, 3.05) is 13.6 Å². The van der Waals surface area contributed by atoms with Gasteiger partial charge in [0.05, 0.1) is 0 Å². The van der Waals surface area contributed by atoms with Gasteiger partial charge in [0.15, 0.2) is 0 Å². The van der Waals surface area contributed by atoms with Gasteiger partial charge in [0.25, 0.3) is 0 Å². The Morgan fingerprint density at radius 3 is 2.06 bits per heavy atom. The molecule has 2 N–H and O–H groups in total. The summed E-state index contributed by atoms with van der Waals surface area (Å²) < 4.78 is 0. The minimum absolute atomic E-state index is 0.127. The smallest absolute Gasteiger partial charge is 0.220 e. The fourth-order valence-corrected chi connectivity index (χ4v) is 0.917. The maximum atomic E-state index is 10.3. The van der Waals surface area contributed by atoms with Gasteiger partial charge < -0.3 is 10.6 Å². The van der Waals surface area contributed by atoms with Crippen molar-refractivity contribution in [3.63, 3.8) is 0 Å². The second-order valence-electron chi connectivity index (χ2n) is 3.58. The van der Waals surface area contributed by atoms with E-state index < -0.39 is 0 Å². The fraction of sp³-hybridized carbons (Fsp3) is 0.833. The fourth-order valence-electron chi connectivity index (χ4n) is 0.917. The van der Waals surface area contributed by atoms with E-state index in [1.165, 1.54) is 6.42 Å². The molecule has 1 saturated heterocycles. The Kier molecular flexibility index (Phi) is 15.1. The van der Waals surface area contributed by atoms with Crippen molar-refractivity contribution in [2.45, 2.75) is 52.9 Å². The van der Waals surface area contributed by atoms with Gasteiger partial charge in [-0.2, -0.15) is 0 Å². The van der Waals surface area contributed by atoms with Crippen LogP contribution in [-0.2, 0) is 9.59 Å². The number of hydrogen-bond acceptors (Lipinski definition) is 2. The summed E-state index contributed by atoms with van der Waals surface area (Å²) in [6.45, 7) is 7.12. The predicted octanol–water partition coefficient (Wildman–Crippen LogP) is 1.85. The van der Waals surface area contributed by atoms with Gasteiger partial charge >= 0.3 is 0 Å². The summed E-state index contributed by atoms with van der Waals surface area (Å²) in [7, 11) is 1.65. The standard InChI is InChI=1S/C5H11NO.C4H7NO.C3H8/c1-3-4-5(7)6-2;6-4-2-1-3-5-4;1-3-2/h3-4H2,1-2H3,(H,6,7);1-3H2,(H,5,6);3H2,1-2H3. The number of nitrogens with one attached hydrogen (secondary N) is 2. The molecule has 0 aromatic rings. The molecule has 1 rings (SSSR count). The Bertz CT molecular complexity index is 174. The molecule has 16 heavy (non-hydrogen) atoms. The van der Waals surface area contributed by atoms with Crippen molar-refractivity contribution < 1.29 is 9.59 Å². The SMILES string of the molecule is CCC.CCCC(=O)NC.O=C1CCCN1. The Morgan fingerprint density at radius 1 is 1.38 bits per heavy atom. The zero-order valence-corrected chi connectivity index (χ0v) is 11.1. The van der Waals surface area contributed by atoms with Crippen molar-refractivity contribution in [1.29, 1.82) is 0 Å². The summed E-state index contributed by atoms with van der Waals surface area (Å²) in [5, 5.41) is 5.21. The number of carbonyl (C=O) groups is 2. The molecule has 0 radical (unpaired) electrons. The lowest BCUT2D eigenvalue weighted by Gasteiger charge is -1.91. The average Bonchev–Trinajstić information content (AvgIpc) is 2.71. The molecule has 0 spiro atoms. The van der Waals surface area contributed by atoms with Crippen LogP contribution in [0.2, 0.25) is 0 Å². The molecule has 1 aliphatic rings.